The van der Waals surface area contributed by atoms with Gasteiger partial charge in [0.2, 0.25) is 0 Å². The highest BCUT2D eigenvalue weighted by Gasteiger charge is 2.52. The number of amides is 3. The lowest BCUT2D eigenvalue weighted by atomic mass is 9.81. The highest BCUT2D eigenvalue weighted by Crippen LogP contribution is 2.39. The number of nitrogens with zero attached hydrogens (tertiary/aromatic N) is 2. The predicted molar refractivity (Wildman–Crippen MR) is 155 cm³/mol. The molecule has 3 aromatic rings. The fourth-order valence-electron chi connectivity index (χ4n) is 5.22. The lowest BCUT2D eigenvalue weighted by Crippen LogP contribution is -2.52. The van der Waals surface area contributed by atoms with Crippen LogP contribution in [0.15, 0.2) is 71.6 Å². The molecule has 0 unspecified atom stereocenters. The second-order valence-corrected chi connectivity index (χ2v) is 12.7. The van der Waals surface area contributed by atoms with E-state index in [9.17, 15) is 27.6 Å². The predicted octanol–water partition coefficient (Wildman–Crippen LogP) is 5.48. The van der Waals surface area contributed by atoms with Gasteiger partial charge >= 0.3 is 10.1 Å². The summed E-state index contributed by atoms with van der Waals surface area (Å²) < 4.78 is 30.5. The Morgan fingerprint density at radius 3 is 2.07 bits per heavy atom. The standard InChI is InChI=1S/C30H26Cl2N2O7S/c1-18-6-13-22(14-7-18)42(39,40)41-21-11-8-19(9-12-21)27(35)17-33(28(36)25-15-10-20(31)16-26(25)32)34-29(37)23-4-2-3-5-24(23)30(34)38/h6-16,23-24H,2-5,17H2,1H3/t23-,24+. The van der Waals surface area contributed by atoms with E-state index in [0.717, 1.165) is 28.4 Å². The summed E-state index contributed by atoms with van der Waals surface area (Å²) in [7, 11) is -4.11. The summed E-state index contributed by atoms with van der Waals surface area (Å²) in [6.07, 6.45) is 2.63. The molecule has 1 heterocycles. The molecule has 1 saturated heterocycles. The molecule has 2 aliphatic rings. The van der Waals surface area contributed by atoms with E-state index in [1.165, 1.54) is 54.6 Å². The molecule has 2 atom stereocenters. The maximum absolute atomic E-state index is 13.7. The van der Waals surface area contributed by atoms with Gasteiger partial charge in [0.25, 0.3) is 17.7 Å². The minimum Gasteiger partial charge on any atom is -0.379 e. The fourth-order valence-corrected chi connectivity index (χ4v) is 6.64. The first-order chi connectivity index (χ1) is 20.0. The van der Waals surface area contributed by atoms with Crippen molar-refractivity contribution in [2.45, 2.75) is 37.5 Å². The molecule has 12 heteroatoms. The zero-order valence-corrected chi connectivity index (χ0v) is 24.8. The summed E-state index contributed by atoms with van der Waals surface area (Å²) in [6, 6.07) is 15.6. The number of carbonyl (C=O) groups excluding carboxylic acids is 4. The van der Waals surface area contributed by atoms with E-state index in [1.807, 2.05) is 6.92 Å². The molecule has 42 heavy (non-hydrogen) atoms. The molecule has 0 spiro atoms. The topological polar surface area (TPSA) is 118 Å². The Morgan fingerprint density at radius 2 is 1.50 bits per heavy atom. The maximum atomic E-state index is 13.7. The van der Waals surface area contributed by atoms with Crippen molar-refractivity contribution >= 4 is 56.8 Å². The molecule has 3 aromatic carbocycles. The smallest absolute Gasteiger partial charge is 0.339 e. The third kappa shape index (κ3) is 5.92. The number of imide groups is 1. The zero-order chi connectivity index (χ0) is 30.2. The Kier molecular flexibility index (Phi) is 8.41. The Balaban J connectivity index is 1.40. The summed E-state index contributed by atoms with van der Waals surface area (Å²) in [4.78, 5) is 53.8. The van der Waals surface area contributed by atoms with Gasteiger partial charge in [0.05, 0.1) is 22.4 Å². The van der Waals surface area contributed by atoms with Crippen LogP contribution >= 0.6 is 23.2 Å². The number of hydrogen-bond donors (Lipinski definition) is 0. The Bertz CT molecular complexity index is 1650. The van der Waals surface area contributed by atoms with Crippen LogP contribution in [0.5, 0.6) is 5.75 Å². The van der Waals surface area contributed by atoms with Crippen molar-refractivity contribution in [1.29, 1.82) is 0 Å². The number of hydrogen-bond acceptors (Lipinski definition) is 7. The van der Waals surface area contributed by atoms with Crippen LogP contribution in [0.2, 0.25) is 10.0 Å². The van der Waals surface area contributed by atoms with Gasteiger partial charge in [0.15, 0.2) is 5.78 Å². The number of hydrazine groups is 1. The highest BCUT2D eigenvalue weighted by molar-refractivity contribution is 7.87. The zero-order valence-electron chi connectivity index (χ0n) is 22.5. The maximum Gasteiger partial charge on any atom is 0.339 e. The van der Waals surface area contributed by atoms with Crippen molar-refractivity contribution in [3.05, 3.63) is 93.5 Å². The quantitative estimate of drug-likeness (QED) is 0.184. The molecule has 0 aromatic heterocycles. The molecular formula is C30H26Cl2N2O7S. The molecular weight excluding hydrogens is 603 g/mol. The van der Waals surface area contributed by atoms with Gasteiger partial charge in [-0.2, -0.15) is 13.4 Å². The number of aryl methyl sites for hydroxylation is 1. The first kappa shape index (κ1) is 29.8. The van der Waals surface area contributed by atoms with Crippen molar-refractivity contribution in [3.8, 4) is 5.75 Å². The number of rotatable bonds is 8. The van der Waals surface area contributed by atoms with Gasteiger partial charge in [0, 0.05) is 10.6 Å². The van der Waals surface area contributed by atoms with Gasteiger partial charge in [-0.15, -0.1) is 0 Å². The van der Waals surface area contributed by atoms with Crippen molar-refractivity contribution in [1.82, 2.24) is 10.0 Å². The number of carbonyl (C=O) groups is 4. The van der Waals surface area contributed by atoms with E-state index in [4.69, 9.17) is 27.4 Å². The molecule has 218 valence electrons. The average molecular weight is 630 g/mol. The SMILES string of the molecule is Cc1ccc(S(=O)(=O)Oc2ccc(C(=O)CN(C(=O)c3ccc(Cl)cc3Cl)N3C(=O)[C@H]4CCCC[C@H]4C3=O)cc2)cc1. The molecule has 5 rings (SSSR count). The third-order valence-electron chi connectivity index (χ3n) is 7.44. The second-order valence-electron chi connectivity index (χ2n) is 10.3. The molecule has 1 saturated carbocycles. The lowest BCUT2D eigenvalue weighted by Gasteiger charge is -2.30. The lowest BCUT2D eigenvalue weighted by molar-refractivity contribution is -0.154. The van der Waals surface area contributed by atoms with Gasteiger partial charge in [-0.25, -0.2) is 5.01 Å². The molecule has 0 N–H and O–H groups in total. The third-order valence-corrected chi connectivity index (χ3v) is 9.25. The van der Waals surface area contributed by atoms with Crippen LogP contribution in [0, 0.1) is 18.8 Å². The average Bonchev–Trinajstić information content (AvgIpc) is 3.21. The van der Waals surface area contributed by atoms with Gasteiger partial charge < -0.3 is 4.18 Å². The van der Waals surface area contributed by atoms with E-state index >= 15 is 0 Å². The Hall–Kier alpha value is -3.73. The minimum atomic E-state index is -4.11. The van der Waals surface area contributed by atoms with E-state index in [-0.39, 0.29) is 31.8 Å². The van der Waals surface area contributed by atoms with Crippen molar-refractivity contribution < 1.29 is 31.8 Å². The summed E-state index contributed by atoms with van der Waals surface area (Å²) >= 11 is 12.3. The first-order valence-electron chi connectivity index (χ1n) is 13.3. The van der Waals surface area contributed by atoms with Crippen LogP contribution in [0.25, 0.3) is 0 Å². The van der Waals surface area contributed by atoms with Crippen LogP contribution in [0.3, 0.4) is 0 Å². The summed E-state index contributed by atoms with van der Waals surface area (Å²) in [5.41, 5.74) is 0.958. The van der Waals surface area contributed by atoms with Crippen molar-refractivity contribution in [2.24, 2.45) is 11.8 Å². The number of ketones is 1. The molecule has 1 aliphatic carbocycles. The van der Waals surface area contributed by atoms with Gasteiger partial charge in [-0.3, -0.25) is 19.2 Å². The number of fused-ring (bicyclic) bond motifs is 1. The van der Waals surface area contributed by atoms with E-state index in [2.05, 4.69) is 0 Å². The van der Waals surface area contributed by atoms with Crippen LogP contribution in [0.1, 0.15) is 52.0 Å². The molecule has 0 radical (unpaired) electrons. The van der Waals surface area contributed by atoms with Gasteiger partial charge in [-0.1, -0.05) is 53.7 Å². The fraction of sp³-hybridized carbons (Fsp3) is 0.267. The first-order valence-corrected chi connectivity index (χ1v) is 15.4. The Morgan fingerprint density at radius 1 is 0.905 bits per heavy atom. The highest BCUT2D eigenvalue weighted by atomic mass is 35.5. The number of benzene rings is 3. The monoisotopic (exact) mass is 628 g/mol. The molecule has 2 fully saturated rings. The molecule has 0 bridgehead atoms. The van der Waals surface area contributed by atoms with Crippen molar-refractivity contribution in [3.63, 3.8) is 0 Å². The second kappa shape index (κ2) is 11.9. The molecule has 9 nitrogen and oxygen atoms in total. The van der Waals surface area contributed by atoms with Crippen LogP contribution in [-0.2, 0) is 19.7 Å². The Labute approximate surface area is 253 Å². The molecule has 3 amide bonds. The van der Waals surface area contributed by atoms with Gasteiger partial charge in [-0.05, 0) is 74.4 Å². The van der Waals surface area contributed by atoms with E-state index in [0.29, 0.717) is 12.8 Å². The van der Waals surface area contributed by atoms with Gasteiger partial charge in [0.1, 0.15) is 17.2 Å². The summed E-state index contributed by atoms with van der Waals surface area (Å²) in [5, 5.41) is 1.91. The van der Waals surface area contributed by atoms with E-state index in [1.54, 1.807) is 12.1 Å². The largest absolute Gasteiger partial charge is 0.379 e. The summed E-state index contributed by atoms with van der Waals surface area (Å²) in [5.74, 6) is -3.59. The molecule has 1 aliphatic heterocycles. The number of Topliss-reactive ketones (excluding diaryl/α,β-unsaturated/α-hetero) is 1. The van der Waals surface area contributed by atoms with Crippen LogP contribution in [0.4, 0.5) is 0 Å². The number of halogens is 2. The van der Waals surface area contributed by atoms with Crippen molar-refractivity contribution in [2.75, 3.05) is 6.54 Å². The van der Waals surface area contributed by atoms with Crippen LogP contribution < -0.4 is 4.18 Å². The van der Waals surface area contributed by atoms with Crippen LogP contribution in [-0.4, -0.2) is 48.5 Å². The van der Waals surface area contributed by atoms with E-state index < -0.39 is 52.0 Å². The normalized spacial score (nSPS) is 18.5. The minimum absolute atomic E-state index is 0.00209. The summed E-state index contributed by atoms with van der Waals surface area (Å²) in [6.45, 7) is 1.19.